The molecular formula is C10H9I2Zr. The maximum Gasteiger partial charge on any atom is -1.00 e. The van der Waals surface area contributed by atoms with Crippen LogP contribution in [-0.2, 0) is 24.7 Å². The van der Waals surface area contributed by atoms with E-state index >= 15 is 0 Å². The molecule has 67 valence electrons. The van der Waals surface area contributed by atoms with Gasteiger partial charge in [-0.15, -0.1) is 0 Å². The van der Waals surface area contributed by atoms with Crippen molar-refractivity contribution in [3.05, 3.63) is 38.7 Å². The van der Waals surface area contributed by atoms with Crippen LogP contribution in [0.3, 0.4) is 0 Å². The summed E-state index contributed by atoms with van der Waals surface area (Å²) in [6.45, 7) is 2.28. The molecule has 0 aromatic heterocycles. The smallest absolute Gasteiger partial charge is 1.00 e. The molecule has 1 aromatic carbocycles. The molecule has 0 saturated carbocycles. The Kier molecular flexibility index (Phi) is 6.61. The Labute approximate surface area is 128 Å². The molecule has 1 aliphatic rings. The van der Waals surface area contributed by atoms with Crippen LogP contribution < -0.4 is 48.0 Å². The summed E-state index contributed by atoms with van der Waals surface area (Å²) in [5, 5.41) is 0. The summed E-state index contributed by atoms with van der Waals surface area (Å²) in [5.41, 5.74) is 2.92. The largest absolute Gasteiger partial charge is 1.00 e. The van der Waals surface area contributed by atoms with Crippen LogP contribution in [-0.4, -0.2) is 0 Å². The molecule has 0 fully saturated rings. The van der Waals surface area contributed by atoms with Gasteiger partial charge >= 0.3 is 82.3 Å². The number of halogens is 2. The number of hydrogen-bond acceptors (Lipinski definition) is 0. The van der Waals surface area contributed by atoms with Crippen molar-refractivity contribution in [3.8, 4) is 0 Å². The van der Waals surface area contributed by atoms with Crippen LogP contribution >= 0.6 is 0 Å². The quantitative estimate of drug-likeness (QED) is 0.346. The zero-order valence-electron chi connectivity index (χ0n) is 7.22. The first-order chi connectivity index (χ1) is 5.29. The van der Waals surface area contributed by atoms with Crippen LogP contribution in [0.25, 0.3) is 6.08 Å². The Morgan fingerprint density at radius 3 is 2.38 bits per heavy atom. The van der Waals surface area contributed by atoms with Crippen LogP contribution in [0.4, 0.5) is 0 Å². The summed E-state index contributed by atoms with van der Waals surface area (Å²) in [6, 6.07) is 8.66. The van der Waals surface area contributed by atoms with E-state index in [1.54, 1.807) is 28.0 Å². The molecule has 13 heavy (non-hydrogen) atoms. The fourth-order valence-corrected chi connectivity index (χ4v) is 2.26. The van der Waals surface area contributed by atoms with E-state index in [1.807, 2.05) is 0 Å². The summed E-state index contributed by atoms with van der Waals surface area (Å²) < 4.78 is 1.57. The first kappa shape index (κ1) is 14.3. The molecular weight excluding hydrogens is 465 g/mol. The summed E-state index contributed by atoms with van der Waals surface area (Å²) in [6.07, 6.45) is 2.32. The third kappa shape index (κ3) is 2.88. The normalized spacial score (nSPS) is 18.1. The van der Waals surface area contributed by atoms with Gasteiger partial charge in [-0.1, -0.05) is 0 Å². The third-order valence-corrected chi connectivity index (χ3v) is 3.66. The molecule has 1 unspecified atom stereocenters. The molecule has 0 amide bonds. The molecule has 1 aromatic rings. The van der Waals surface area contributed by atoms with E-state index in [1.165, 1.54) is 11.1 Å². The fraction of sp³-hybridized carbons (Fsp3) is 0.200. The van der Waals surface area contributed by atoms with Crippen molar-refractivity contribution in [1.82, 2.24) is 0 Å². The predicted molar refractivity (Wildman–Crippen MR) is 42.8 cm³/mol. The van der Waals surface area contributed by atoms with E-state index in [-0.39, 0.29) is 48.0 Å². The molecule has 0 saturated heterocycles. The van der Waals surface area contributed by atoms with E-state index in [0.717, 1.165) is 0 Å². The van der Waals surface area contributed by atoms with Gasteiger partial charge in [-0.05, 0) is 0 Å². The van der Waals surface area contributed by atoms with Gasteiger partial charge in [0.05, 0.1) is 0 Å². The minimum absolute atomic E-state index is 0. The zero-order chi connectivity index (χ0) is 7.84. The van der Waals surface area contributed by atoms with Gasteiger partial charge < -0.3 is 48.0 Å². The van der Waals surface area contributed by atoms with Gasteiger partial charge in [-0.25, -0.2) is 0 Å². The summed E-state index contributed by atoms with van der Waals surface area (Å²) >= 11 is 1.55. The first-order valence-corrected chi connectivity index (χ1v) is 5.04. The number of fused-ring (bicyclic) bond motifs is 1. The van der Waals surface area contributed by atoms with Crippen molar-refractivity contribution in [2.45, 2.75) is 12.8 Å². The molecule has 0 N–H and O–H groups in total. The maximum atomic E-state index is 2.32. The van der Waals surface area contributed by atoms with Crippen molar-refractivity contribution < 1.29 is 72.7 Å². The van der Waals surface area contributed by atoms with E-state index < -0.39 is 0 Å². The Hall–Kier alpha value is 1.30. The van der Waals surface area contributed by atoms with Gasteiger partial charge in [0, 0.05) is 0 Å². The number of rotatable bonds is 0. The summed E-state index contributed by atoms with van der Waals surface area (Å²) in [5.74, 6) is 0.671. The molecule has 0 nitrogen and oxygen atoms in total. The van der Waals surface area contributed by atoms with Gasteiger partial charge in [0.1, 0.15) is 0 Å². The zero-order valence-corrected chi connectivity index (χ0v) is 14.0. The third-order valence-electron chi connectivity index (χ3n) is 2.24. The minimum atomic E-state index is 0. The molecule has 0 heterocycles. The topological polar surface area (TPSA) is 0 Å². The van der Waals surface area contributed by atoms with E-state index in [0.29, 0.717) is 5.92 Å². The molecule has 0 radical (unpaired) electrons. The fourth-order valence-electron chi connectivity index (χ4n) is 1.50. The monoisotopic (exact) mass is 473 g/mol. The van der Waals surface area contributed by atoms with Gasteiger partial charge in [-0.2, -0.15) is 0 Å². The van der Waals surface area contributed by atoms with E-state index in [2.05, 4.69) is 37.3 Å². The van der Waals surface area contributed by atoms with E-state index in [4.69, 9.17) is 0 Å². The van der Waals surface area contributed by atoms with Crippen LogP contribution in [0.1, 0.15) is 24.0 Å². The van der Waals surface area contributed by atoms with Crippen LogP contribution in [0.5, 0.6) is 0 Å². The van der Waals surface area contributed by atoms with Crippen molar-refractivity contribution in [3.63, 3.8) is 0 Å². The van der Waals surface area contributed by atoms with Gasteiger partial charge in [-0.3, -0.25) is 0 Å². The van der Waals surface area contributed by atoms with Crippen molar-refractivity contribution >= 4 is 6.08 Å². The Bertz CT molecular complexity index is 320. The average molecular weight is 474 g/mol. The number of allylic oxidation sites excluding steroid dienone is 1. The van der Waals surface area contributed by atoms with E-state index in [9.17, 15) is 0 Å². The summed E-state index contributed by atoms with van der Waals surface area (Å²) in [4.78, 5) is 0. The SMILES string of the molecule is CC1[C]([Zr+2])=Cc2ccccc21.[I-].[I-]. The van der Waals surface area contributed by atoms with Crippen molar-refractivity contribution in [1.29, 1.82) is 0 Å². The van der Waals surface area contributed by atoms with Gasteiger partial charge in [0.2, 0.25) is 0 Å². The second kappa shape index (κ2) is 6.01. The van der Waals surface area contributed by atoms with Gasteiger partial charge in [0.25, 0.3) is 0 Å². The number of hydrogen-bond donors (Lipinski definition) is 0. The molecule has 2 rings (SSSR count). The van der Waals surface area contributed by atoms with Crippen LogP contribution in [0.2, 0.25) is 0 Å². The van der Waals surface area contributed by atoms with Crippen LogP contribution in [0, 0.1) is 0 Å². The Morgan fingerprint density at radius 1 is 1.15 bits per heavy atom. The standard InChI is InChI=1S/C10H9.2HI.Zr/c1-8-6-7-9-4-2-3-5-10(8)9;;;/h2-5,7-8H,1H3;2*1H;/q;;;+2/p-2. The molecule has 1 aliphatic carbocycles. The molecule has 3 heteroatoms. The van der Waals surface area contributed by atoms with Crippen LogP contribution in [0.15, 0.2) is 27.5 Å². The number of benzene rings is 1. The molecule has 0 bridgehead atoms. The van der Waals surface area contributed by atoms with Crippen molar-refractivity contribution in [2.24, 2.45) is 0 Å². The first-order valence-electron chi connectivity index (χ1n) is 3.81. The second-order valence-corrected chi connectivity index (χ2v) is 4.37. The van der Waals surface area contributed by atoms with Gasteiger partial charge in [0.15, 0.2) is 0 Å². The summed E-state index contributed by atoms with van der Waals surface area (Å²) in [7, 11) is 0. The molecule has 1 atom stereocenters. The second-order valence-electron chi connectivity index (χ2n) is 2.95. The van der Waals surface area contributed by atoms with Crippen molar-refractivity contribution in [2.75, 3.05) is 0 Å². The maximum absolute atomic E-state index is 2.32. The Morgan fingerprint density at radius 2 is 1.77 bits per heavy atom. The minimum Gasteiger partial charge on any atom is -1.00 e. The average Bonchev–Trinajstić information content (AvgIpc) is 2.30. The molecule has 0 aliphatic heterocycles. The predicted octanol–water partition coefficient (Wildman–Crippen LogP) is -3.30. The Balaban J connectivity index is 0.000000720. The molecule has 0 spiro atoms.